The Morgan fingerprint density at radius 1 is 0.846 bits per heavy atom. The average Bonchev–Trinajstić information content (AvgIpc) is 2.91. The molecule has 1 aliphatic rings. The van der Waals surface area contributed by atoms with E-state index in [9.17, 15) is 0 Å². The monoisotopic (exact) mass is 360 g/mol. The Kier molecular flexibility index (Phi) is 6.75. The summed E-state index contributed by atoms with van der Waals surface area (Å²) in [6.45, 7) is 2.09. The van der Waals surface area contributed by atoms with E-state index in [1.54, 1.807) is 35.5 Å². The first-order chi connectivity index (χ1) is 12.6. The van der Waals surface area contributed by atoms with Crippen LogP contribution < -0.4 is 9.47 Å². The summed E-state index contributed by atoms with van der Waals surface area (Å²) in [7, 11) is 8.25. The van der Waals surface area contributed by atoms with E-state index >= 15 is 0 Å². The first-order valence-corrected chi connectivity index (χ1v) is 8.58. The summed E-state index contributed by atoms with van der Waals surface area (Å²) in [6, 6.07) is 5.86. The SMILES string of the molecule is CCC(OC)(C1=CCC=C(OC)C(OC)=C1)c1ccc(OC)c(OC)c1. The zero-order chi connectivity index (χ0) is 19.2. The largest absolute Gasteiger partial charge is 0.493 e. The van der Waals surface area contributed by atoms with E-state index in [1.807, 2.05) is 30.4 Å². The van der Waals surface area contributed by atoms with Crippen molar-refractivity contribution in [2.75, 3.05) is 35.5 Å². The molecule has 0 aliphatic heterocycles. The molecule has 2 rings (SSSR count). The zero-order valence-corrected chi connectivity index (χ0v) is 16.4. The number of rotatable bonds is 8. The second-order valence-electron chi connectivity index (χ2n) is 5.83. The summed E-state index contributed by atoms with van der Waals surface area (Å²) in [6.07, 6.45) is 7.56. The maximum absolute atomic E-state index is 6.07. The van der Waals surface area contributed by atoms with Gasteiger partial charge in [0.2, 0.25) is 0 Å². The predicted molar refractivity (Wildman–Crippen MR) is 101 cm³/mol. The van der Waals surface area contributed by atoms with Crippen molar-refractivity contribution < 1.29 is 23.7 Å². The van der Waals surface area contributed by atoms with Crippen molar-refractivity contribution in [3.63, 3.8) is 0 Å². The molecular weight excluding hydrogens is 332 g/mol. The van der Waals surface area contributed by atoms with Crippen molar-refractivity contribution in [2.24, 2.45) is 0 Å². The van der Waals surface area contributed by atoms with E-state index in [-0.39, 0.29) is 0 Å². The van der Waals surface area contributed by atoms with E-state index in [0.717, 1.165) is 24.0 Å². The number of benzene rings is 1. The van der Waals surface area contributed by atoms with Gasteiger partial charge >= 0.3 is 0 Å². The van der Waals surface area contributed by atoms with Gasteiger partial charge in [-0.2, -0.15) is 0 Å². The summed E-state index contributed by atoms with van der Waals surface area (Å²) in [5.41, 5.74) is 1.36. The molecule has 0 aromatic heterocycles. The Bertz CT molecular complexity index is 711. The van der Waals surface area contributed by atoms with Crippen LogP contribution >= 0.6 is 0 Å². The molecule has 1 aromatic rings. The molecule has 1 atom stereocenters. The Hall–Kier alpha value is -2.40. The minimum Gasteiger partial charge on any atom is -0.493 e. The molecule has 0 fully saturated rings. The quantitative estimate of drug-likeness (QED) is 0.690. The molecule has 0 saturated heterocycles. The Morgan fingerprint density at radius 2 is 1.54 bits per heavy atom. The Morgan fingerprint density at radius 3 is 2.08 bits per heavy atom. The third-order valence-electron chi connectivity index (χ3n) is 4.77. The van der Waals surface area contributed by atoms with Crippen LogP contribution in [-0.2, 0) is 19.8 Å². The predicted octanol–water partition coefficient (Wildman–Crippen LogP) is 4.35. The van der Waals surface area contributed by atoms with Gasteiger partial charge in [0, 0.05) is 7.11 Å². The highest BCUT2D eigenvalue weighted by molar-refractivity contribution is 5.50. The third kappa shape index (κ3) is 3.58. The molecule has 0 spiro atoms. The zero-order valence-electron chi connectivity index (χ0n) is 16.4. The molecule has 26 heavy (non-hydrogen) atoms. The minimum absolute atomic E-state index is 0.639. The lowest BCUT2D eigenvalue weighted by atomic mass is 9.82. The highest BCUT2D eigenvalue weighted by atomic mass is 16.5. The van der Waals surface area contributed by atoms with E-state index in [2.05, 4.69) is 13.0 Å². The van der Waals surface area contributed by atoms with Gasteiger partial charge in [0.15, 0.2) is 23.0 Å². The molecule has 0 radical (unpaired) electrons. The number of methoxy groups -OCH3 is 5. The van der Waals surface area contributed by atoms with Gasteiger partial charge in [-0.3, -0.25) is 0 Å². The first kappa shape index (κ1) is 19.9. The second-order valence-corrected chi connectivity index (χ2v) is 5.83. The number of hydrogen-bond donors (Lipinski definition) is 0. The number of ether oxygens (including phenoxy) is 5. The van der Waals surface area contributed by atoms with Gasteiger partial charge in [-0.15, -0.1) is 0 Å². The normalized spacial score (nSPS) is 16.5. The topological polar surface area (TPSA) is 46.2 Å². The molecular formula is C21H28O5. The molecule has 142 valence electrons. The van der Waals surface area contributed by atoms with Gasteiger partial charge in [0.05, 0.1) is 28.4 Å². The fourth-order valence-corrected chi connectivity index (χ4v) is 3.33. The van der Waals surface area contributed by atoms with Crippen LogP contribution in [0.3, 0.4) is 0 Å². The summed E-state index contributed by atoms with van der Waals surface area (Å²) < 4.78 is 27.9. The Labute approximate surface area is 155 Å². The molecule has 0 saturated carbocycles. The van der Waals surface area contributed by atoms with Gasteiger partial charge in [-0.05, 0) is 48.3 Å². The van der Waals surface area contributed by atoms with Crippen LogP contribution in [0.5, 0.6) is 11.5 Å². The standard InChI is InChI=1S/C21H28O5/c1-7-21(26-6,16-11-12-18(23-3)20(14-16)25-5)15-9-8-10-17(22-2)19(13-15)24-4/h9-14H,7-8H2,1-6H3. The maximum Gasteiger partial charge on any atom is 0.161 e. The van der Waals surface area contributed by atoms with Crippen LogP contribution in [0.25, 0.3) is 0 Å². The lowest BCUT2D eigenvalue weighted by molar-refractivity contribution is 0.0172. The van der Waals surface area contributed by atoms with Gasteiger partial charge in [0.25, 0.3) is 0 Å². The van der Waals surface area contributed by atoms with Crippen LogP contribution in [0.1, 0.15) is 25.3 Å². The first-order valence-electron chi connectivity index (χ1n) is 8.58. The van der Waals surface area contributed by atoms with Crippen molar-refractivity contribution in [1.82, 2.24) is 0 Å². The molecule has 5 heteroatoms. The number of hydrogen-bond acceptors (Lipinski definition) is 5. The molecule has 1 aromatic carbocycles. The van der Waals surface area contributed by atoms with Crippen LogP contribution in [0.4, 0.5) is 0 Å². The van der Waals surface area contributed by atoms with Crippen molar-refractivity contribution >= 4 is 0 Å². The van der Waals surface area contributed by atoms with E-state index in [4.69, 9.17) is 23.7 Å². The highest BCUT2D eigenvalue weighted by Crippen LogP contribution is 2.42. The molecule has 0 heterocycles. The molecule has 0 amide bonds. The van der Waals surface area contributed by atoms with E-state index in [0.29, 0.717) is 23.0 Å². The third-order valence-corrected chi connectivity index (χ3v) is 4.77. The molecule has 0 N–H and O–H groups in total. The molecule has 1 aliphatic carbocycles. The molecule has 0 bridgehead atoms. The lowest BCUT2D eigenvalue weighted by Gasteiger charge is -2.34. The van der Waals surface area contributed by atoms with Crippen LogP contribution in [-0.4, -0.2) is 35.5 Å². The lowest BCUT2D eigenvalue weighted by Crippen LogP contribution is -2.30. The highest BCUT2D eigenvalue weighted by Gasteiger charge is 2.35. The van der Waals surface area contributed by atoms with Gasteiger partial charge in [-0.25, -0.2) is 0 Å². The average molecular weight is 360 g/mol. The van der Waals surface area contributed by atoms with Gasteiger partial charge < -0.3 is 23.7 Å². The molecule has 5 nitrogen and oxygen atoms in total. The maximum atomic E-state index is 6.07. The van der Waals surface area contributed by atoms with Crippen molar-refractivity contribution in [1.29, 1.82) is 0 Å². The summed E-state index contributed by atoms with van der Waals surface area (Å²) in [4.78, 5) is 0. The second kappa shape index (κ2) is 8.81. The van der Waals surface area contributed by atoms with Gasteiger partial charge in [0.1, 0.15) is 5.60 Å². The van der Waals surface area contributed by atoms with Crippen LogP contribution in [0.15, 0.2) is 53.5 Å². The van der Waals surface area contributed by atoms with Crippen LogP contribution in [0, 0.1) is 0 Å². The summed E-state index contributed by atoms with van der Waals surface area (Å²) in [5.74, 6) is 2.74. The summed E-state index contributed by atoms with van der Waals surface area (Å²) >= 11 is 0. The minimum atomic E-state index is -0.639. The van der Waals surface area contributed by atoms with E-state index < -0.39 is 5.60 Å². The fraction of sp³-hybridized carbons (Fsp3) is 0.429. The number of allylic oxidation sites excluding steroid dienone is 2. The summed E-state index contributed by atoms with van der Waals surface area (Å²) in [5, 5.41) is 0. The van der Waals surface area contributed by atoms with Crippen molar-refractivity contribution in [2.45, 2.75) is 25.4 Å². The van der Waals surface area contributed by atoms with E-state index in [1.165, 1.54) is 0 Å². The fourth-order valence-electron chi connectivity index (χ4n) is 3.33. The Balaban J connectivity index is 2.59. The smallest absolute Gasteiger partial charge is 0.161 e. The van der Waals surface area contributed by atoms with Crippen molar-refractivity contribution in [3.8, 4) is 11.5 Å². The van der Waals surface area contributed by atoms with Crippen LogP contribution in [0.2, 0.25) is 0 Å². The molecule has 1 unspecified atom stereocenters. The van der Waals surface area contributed by atoms with Gasteiger partial charge in [-0.1, -0.05) is 19.1 Å². The van der Waals surface area contributed by atoms with Crippen molar-refractivity contribution in [3.05, 3.63) is 59.1 Å².